The van der Waals surface area contributed by atoms with Gasteiger partial charge in [0.05, 0.1) is 6.61 Å². The monoisotopic (exact) mass is 349 g/mol. The van der Waals surface area contributed by atoms with Crippen molar-refractivity contribution in [3.05, 3.63) is 29.8 Å². The highest BCUT2D eigenvalue weighted by Crippen LogP contribution is 2.18. The van der Waals surface area contributed by atoms with Gasteiger partial charge in [-0.15, -0.1) is 0 Å². The molecule has 0 radical (unpaired) electrons. The zero-order valence-electron chi connectivity index (χ0n) is 14.6. The van der Waals surface area contributed by atoms with Crippen LogP contribution in [-0.2, 0) is 16.0 Å². The number of aliphatic hydroxyl groups excluding tert-OH is 1. The van der Waals surface area contributed by atoms with Crippen LogP contribution in [0.1, 0.15) is 25.3 Å². The van der Waals surface area contributed by atoms with E-state index in [-0.39, 0.29) is 18.4 Å². The molecule has 4 N–H and O–H groups in total. The Kier molecular flexibility index (Phi) is 7.21. The van der Waals surface area contributed by atoms with Crippen LogP contribution in [-0.4, -0.2) is 54.4 Å². The molecule has 1 fully saturated rings. The van der Waals surface area contributed by atoms with Gasteiger partial charge in [0, 0.05) is 25.3 Å². The average molecular weight is 349 g/mol. The van der Waals surface area contributed by atoms with Gasteiger partial charge >= 0.3 is 6.09 Å². The molecule has 1 aliphatic heterocycles. The van der Waals surface area contributed by atoms with Gasteiger partial charge in [-0.05, 0) is 42.9 Å². The minimum atomic E-state index is -1.13. The number of piperidine rings is 1. The van der Waals surface area contributed by atoms with E-state index in [2.05, 4.69) is 12.2 Å². The molecule has 2 amide bonds. The lowest BCUT2D eigenvalue weighted by molar-refractivity contribution is -0.141. The second-order valence-corrected chi connectivity index (χ2v) is 6.29. The lowest BCUT2D eigenvalue weighted by Crippen LogP contribution is -2.46. The van der Waals surface area contributed by atoms with Crippen molar-refractivity contribution < 1.29 is 19.4 Å². The van der Waals surface area contributed by atoms with E-state index < -0.39 is 12.2 Å². The Balaban J connectivity index is 1.69. The number of anilines is 1. The van der Waals surface area contributed by atoms with Gasteiger partial charge < -0.3 is 20.5 Å². The van der Waals surface area contributed by atoms with Crippen molar-refractivity contribution in [3.63, 3.8) is 0 Å². The number of nitrogens with two attached hydrogens (primary N) is 1. The molecule has 2 rings (SSSR count). The SMILES string of the molecule is CCc1ccc(NC(=O)OCC2CCN(C(=O)C(O)CN)CC2)cc1. The van der Waals surface area contributed by atoms with Crippen molar-refractivity contribution in [2.75, 3.05) is 31.6 Å². The number of aliphatic hydroxyl groups is 1. The molecule has 1 unspecified atom stereocenters. The molecule has 7 nitrogen and oxygen atoms in total. The quantitative estimate of drug-likeness (QED) is 0.719. The second-order valence-electron chi connectivity index (χ2n) is 6.29. The fraction of sp³-hybridized carbons (Fsp3) is 0.556. The fourth-order valence-corrected chi connectivity index (χ4v) is 2.80. The number of carbonyl (C=O) groups excluding carboxylic acids is 2. The van der Waals surface area contributed by atoms with E-state index >= 15 is 0 Å². The van der Waals surface area contributed by atoms with Crippen LogP contribution in [0.2, 0.25) is 0 Å². The molecular weight excluding hydrogens is 322 g/mol. The summed E-state index contributed by atoms with van der Waals surface area (Å²) in [5.41, 5.74) is 7.22. The van der Waals surface area contributed by atoms with Crippen LogP contribution in [0.15, 0.2) is 24.3 Å². The van der Waals surface area contributed by atoms with E-state index in [0.29, 0.717) is 25.4 Å². The summed E-state index contributed by atoms with van der Waals surface area (Å²) in [7, 11) is 0. The molecule has 0 aliphatic carbocycles. The van der Waals surface area contributed by atoms with Crippen LogP contribution in [0.4, 0.5) is 10.5 Å². The Morgan fingerprint density at radius 1 is 1.32 bits per heavy atom. The molecule has 0 saturated carbocycles. The summed E-state index contributed by atoms with van der Waals surface area (Å²) in [6.07, 6.45) is 0.830. The smallest absolute Gasteiger partial charge is 0.411 e. The Hall–Kier alpha value is -2.12. The third-order valence-corrected chi connectivity index (χ3v) is 4.49. The summed E-state index contributed by atoms with van der Waals surface area (Å²) < 4.78 is 5.28. The maximum atomic E-state index is 11.9. The van der Waals surface area contributed by atoms with Crippen molar-refractivity contribution in [2.45, 2.75) is 32.3 Å². The van der Waals surface area contributed by atoms with Crippen molar-refractivity contribution in [2.24, 2.45) is 11.7 Å². The predicted molar refractivity (Wildman–Crippen MR) is 95.2 cm³/mol. The number of aryl methyl sites for hydroxylation is 1. The van der Waals surface area contributed by atoms with Gasteiger partial charge in [-0.2, -0.15) is 0 Å². The summed E-state index contributed by atoms with van der Waals surface area (Å²) in [6.45, 7) is 3.42. The number of ether oxygens (including phenoxy) is 1. The molecule has 1 aromatic rings. The summed E-state index contributed by atoms with van der Waals surface area (Å²) in [5.74, 6) is -0.109. The summed E-state index contributed by atoms with van der Waals surface area (Å²) in [6, 6.07) is 7.65. The van der Waals surface area contributed by atoms with Crippen molar-refractivity contribution in [1.29, 1.82) is 0 Å². The van der Waals surface area contributed by atoms with Crippen LogP contribution >= 0.6 is 0 Å². The zero-order chi connectivity index (χ0) is 18.2. The standard InChI is InChI=1S/C18H27N3O4/c1-2-13-3-5-15(6-4-13)20-18(24)25-12-14-7-9-21(10-8-14)17(23)16(22)11-19/h3-6,14,16,22H,2,7-12,19H2,1H3,(H,20,24). The summed E-state index contributed by atoms with van der Waals surface area (Å²) in [4.78, 5) is 25.3. The Morgan fingerprint density at radius 2 is 1.96 bits per heavy atom. The molecule has 7 heteroatoms. The zero-order valence-corrected chi connectivity index (χ0v) is 14.6. The first kappa shape index (κ1) is 19.2. The molecule has 1 aliphatic rings. The van der Waals surface area contributed by atoms with Gasteiger partial charge in [0.15, 0.2) is 0 Å². The highest BCUT2D eigenvalue weighted by molar-refractivity contribution is 5.84. The minimum Gasteiger partial charge on any atom is -0.449 e. The first-order chi connectivity index (χ1) is 12.0. The number of likely N-dealkylation sites (tertiary alicyclic amines) is 1. The van der Waals surface area contributed by atoms with Gasteiger partial charge in [0.1, 0.15) is 6.10 Å². The number of hydrogen-bond acceptors (Lipinski definition) is 5. The largest absolute Gasteiger partial charge is 0.449 e. The van der Waals surface area contributed by atoms with Crippen molar-refractivity contribution in [3.8, 4) is 0 Å². The van der Waals surface area contributed by atoms with E-state index in [1.165, 1.54) is 5.56 Å². The van der Waals surface area contributed by atoms with Crippen LogP contribution < -0.4 is 11.1 Å². The third kappa shape index (κ3) is 5.72. The Labute approximate surface area is 148 Å². The van der Waals surface area contributed by atoms with E-state index in [0.717, 1.165) is 19.3 Å². The number of rotatable bonds is 6. The van der Waals surface area contributed by atoms with E-state index in [1.807, 2.05) is 24.3 Å². The van der Waals surface area contributed by atoms with Gasteiger partial charge in [0.2, 0.25) is 0 Å². The van der Waals surface area contributed by atoms with E-state index in [4.69, 9.17) is 10.5 Å². The molecule has 1 aromatic carbocycles. The summed E-state index contributed by atoms with van der Waals surface area (Å²) in [5, 5.41) is 12.2. The molecule has 0 bridgehead atoms. The van der Waals surface area contributed by atoms with Crippen LogP contribution in [0.5, 0.6) is 0 Å². The number of benzene rings is 1. The normalized spacial score (nSPS) is 16.4. The lowest BCUT2D eigenvalue weighted by atomic mass is 9.97. The molecule has 1 heterocycles. The predicted octanol–water partition coefficient (Wildman–Crippen LogP) is 1.36. The Morgan fingerprint density at radius 3 is 2.52 bits per heavy atom. The first-order valence-corrected chi connectivity index (χ1v) is 8.73. The highest BCUT2D eigenvalue weighted by Gasteiger charge is 2.26. The highest BCUT2D eigenvalue weighted by atomic mass is 16.5. The van der Waals surface area contributed by atoms with Crippen LogP contribution in [0.3, 0.4) is 0 Å². The maximum Gasteiger partial charge on any atom is 0.411 e. The third-order valence-electron chi connectivity index (χ3n) is 4.49. The van der Waals surface area contributed by atoms with Crippen LogP contribution in [0.25, 0.3) is 0 Å². The second kappa shape index (κ2) is 9.39. The summed E-state index contributed by atoms with van der Waals surface area (Å²) >= 11 is 0. The van der Waals surface area contributed by atoms with E-state index in [1.54, 1.807) is 4.90 Å². The molecule has 138 valence electrons. The lowest BCUT2D eigenvalue weighted by Gasteiger charge is -2.32. The fourth-order valence-electron chi connectivity index (χ4n) is 2.80. The van der Waals surface area contributed by atoms with Crippen molar-refractivity contribution in [1.82, 2.24) is 4.90 Å². The van der Waals surface area contributed by atoms with Crippen molar-refractivity contribution >= 4 is 17.7 Å². The number of amides is 2. The maximum absolute atomic E-state index is 11.9. The molecule has 1 atom stereocenters. The van der Waals surface area contributed by atoms with Gasteiger partial charge in [-0.3, -0.25) is 10.1 Å². The first-order valence-electron chi connectivity index (χ1n) is 8.73. The van der Waals surface area contributed by atoms with Gasteiger partial charge in [-0.25, -0.2) is 4.79 Å². The molecule has 1 saturated heterocycles. The number of nitrogens with one attached hydrogen (secondary N) is 1. The van der Waals surface area contributed by atoms with Gasteiger partial charge in [-0.1, -0.05) is 19.1 Å². The molecular formula is C18H27N3O4. The topological polar surface area (TPSA) is 105 Å². The molecule has 0 spiro atoms. The Bertz CT molecular complexity index is 568. The van der Waals surface area contributed by atoms with Crippen LogP contribution in [0, 0.1) is 5.92 Å². The number of carbonyl (C=O) groups is 2. The number of nitrogens with zero attached hydrogens (tertiary/aromatic N) is 1. The average Bonchev–Trinajstić information content (AvgIpc) is 2.66. The minimum absolute atomic E-state index is 0.0682. The molecule has 0 aromatic heterocycles. The van der Waals surface area contributed by atoms with E-state index in [9.17, 15) is 14.7 Å². The number of hydrogen-bond donors (Lipinski definition) is 3. The molecule has 25 heavy (non-hydrogen) atoms. The van der Waals surface area contributed by atoms with Gasteiger partial charge in [0.25, 0.3) is 5.91 Å².